The molecule has 0 bridgehead atoms. The van der Waals surface area contributed by atoms with E-state index in [9.17, 15) is 14.4 Å². The van der Waals surface area contributed by atoms with Gasteiger partial charge in [-0.3, -0.25) is 14.6 Å². The average Bonchev–Trinajstić information content (AvgIpc) is 3.17. The Hall–Kier alpha value is -2.68. The summed E-state index contributed by atoms with van der Waals surface area (Å²) in [7, 11) is 0. The fourth-order valence-electron chi connectivity index (χ4n) is 3.11. The van der Waals surface area contributed by atoms with Gasteiger partial charge in [-0.1, -0.05) is 11.3 Å². The number of rotatable bonds is 2. The Balaban J connectivity index is 1.97. The second-order valence-corrected chi connectivity index (χ2v) is 6.74. The smallest absolute Gasteiger partial charge is 0.330 e. The standard InChI is InChI=1S/C15H15N5O3S/c1-8-10-12(24-14(8)19-7-3-6-17-19)18-15(23)20(13(10)22)9-4-2-5-16-11(9)21/h3,6-7,9H,2,4-5H2,1H3,(H,16,21)(H,18,23). The third kappa shape index (κ3) is 2.12. The van der Waals surface area contributed by atoms with Crippen molar-refractivity contribution in [3.8, 4) is 5.00 Å². The molecule has 9 heteroatoms. The Morgan fingerprint density at radius 2 is 2.17 bits per heavy atom. The van der Waals surface area contributed by atoms with Crippen LogP contribution in [0.1, 0.15) is 24.4 Å². The number of aryl methyl sites for hydroxylation is 1. The number of carbonyl (C=O) groups excluding carboxylic acids is 1. The van der Waals surface area contributed by atoms with E-state index in [1.165, 1.54) is 11.3 Å². The number of piperidine rings is 1. The molecule has 8 nitrogen and oxygen atoms in total. The maximum absolute atomic E-state index is 12.9. The first-order valence-corrected chi connectivity index (χ1v) is 8.45. The minimum Gasteiger partial charge on any atom is -0.354 e. The molecule has 1 unspecified atom stereocenters. The minimum atomic E-state index is -0.758. The lowest BCUT2D eigenvalue weighted by molar-refractivity contribution is -0.126. The molecule has 0 aromatic carbocycles. The highest BCUT2D eigenvalue weighted by Gasteiger charge is 2.28. The summed E-state index contributed by atoms with van der Waals surface area (Å²) in [5.74, 6) is -0.284. The van der Waals surface area contributed by atoms with Crippen LogP contribution in [0.3, 0.4) is 0 Å². The van der Waals surface area contributed by atoms with Crippen LogP contribution in [-0.4, -0.2) is 31.8 Å². The van der Waals surface area contributed by atoms with Crippen LogP contribution in [-0.2, 0) is 4.79 Å². The topological polar surface area (TPSA) is 102 Å². The molecule has 3 aromatic heterocycles. The van der Waals surface area contributed by atoms with Gasteiger partial charge in [0.15, 0.2) is 0 Å². The Kier molecular flexibility index (Phi) is 3.38. The summed E-state index contributed by atoms with van der Waals surface area (Å²) in [5.41, 5.74) is -0.240. The van der Waals surface area contributed by atoms with Crippen molar-refractivity contribution in [2.75, 3.05) is 6.54 Å². The molecule has 0 saturated carbocycles. The molecule has 124 valence electrons. The monoisotopic (exact) mass is 345 g/mol. The lowest BCUT2D eigenvalue weighted by atomic mass is 10.1. The molecule has 4 rings (SSSR count). The highest BCUT2D eigenvalue weighted by atomic mass is 32.1. The highest BCUT2D eigenvalue weighted by molar-refractivity contribution is 7.21. The molecule has 1 aliphatic rings. The molecule has 0 spiro atoms. The molecular formula is C15H15N5O3S. The van der Waals surface area contributed by atoms with Crippen molar-refractivity contribution in [2.24, 2.45) is 0 Å². The van der Waals surface area contributed by atoms with E-state index < -0.39 is 17.3 Å². The van der Waals surface area contributed by atoms with Crippen LogP contribution in [0.2, 0.25) is 0 Å². The molecule has 1 amide bonds. The van der Waals surface area contributed by atoms with E-state index in [0.717, 1.165) is 21.6 Å². The van der Waals surface area contributed by atoms with Crippen LogP contribution in [0.4, 0.5) is 0 Å². The summed E-state index contributed by atoms with van der Waals surface area (Å²) >= 11 is 1.30. The van der Waals surface area contributed by atoms with Crippen LogP contribution >= 0.6 is 11.3 Å². The lowest BCUT2D eigenvalue weighted by Crippen LogP contribution is -2.47. The van der Waals surface area contributed by atoms with Crippen molar-refractivity contribution in [1.82, 2.24) is 24.6 Å². The van der Waals surface area contributed by atoms with E-state index in [2.05, 4.69) is 15.4 Å². The number of aromatic nitrogens is 4. The maximum atomic E-state index is 12.9. The number of nitrogens with one attached hydrogen (secondary N) is 2. The normalized spacial score (nSPS) is 18.0. The molecule has 3 aromatic rings. The van der Waals surface area contributed by atoms with Gasteiger partial charge < -0.3 is 5.32 Å². The Morgan fingerprint density at radius 3 is 2.88 bits per heavy atom. The molecule has 0 radical (unpaired) electrons. The van der Waals surface area contributed by atoms with Gasteiger partial charge in [0.1, 0.15) is 15.9 Å². The molecule has 1 saturated heterocycles. The molecule has 24 heavy (non-hydrogen) atoms. The predicted molar refractivity (Wildman–Crippen MR) is 89.8 cm³/mol. The number of nitrogens with zero attached hydrogens (tertiary/aromatic N) is 3. The fourth-order valence-corrected chi connectivity index (χ4v) is 4.24. The zero-order chi connectivity index (χ0) is 16.8. The summed E-state index contributed by atoms with van der Waals surface area (Å²) in [6.07, 6.45) is 4.65. The second-order valence-electron chi connectivity index (χ2n) is 5.74. The number of H-pyrrole nitrogens is 1. The number of aromatic amines is 1. The van der Waals surface area contributed by atoms with Gasteiger partial charge in [0.2, 0.25) is 5.91 Å². The number of amides is 1. The number of hydrogen-bond donors (Lipinski definition) is 2. The van der Waals surface area contributed by atoms with Gasteiger partial charge in [-0.05, 0) is 25.8 Å². The lowest BCUT2D eigenvalue weighted by Gasteiger charge is -2.22. The fraction of sp³-hybridized carbons (Fsp3) is 0.333. The number of hydrogen-bond acceptors (Lipinski definition) is 5. The van der Waals surface area contributed by atoms with Crippen molar-refractivity contribution in [2.45, 2.75) is 25.8 Å². The Morgan fingerprint density at radius 1 is 1.33 bits per heavy atom. The van der Waals surface area contributed by atoms with Gasteiger partial charge in [0, 0.05) is 24.5 Å². The van der Waals surface area contributed by atoms with E-state index in [-0.39, 0.29) is 5.91 Å². The van der Waals surface area contributed by atoms with E-state index in [1.54, 1.807) is 23.1 Å². The van der Waals surface area contributed by atoms with Crippen molar-refractivity contribution < 1.29 is 4.79 Å². The summed E-state index contributed by atoms with van der Waals surface area (Å²) < 4.78 is 2.71. The van der Waals surface area contributed by atoms with Crippen LogP contribution in [0.15, 0.2) is 28.0 Å². The van der Waals surface area contributed by atoms with E-state index >= 15 is 0 Å². The van der Waals surface area contributed by atoms with Crippen molar-refractivity contribution in [3.05, 3.63) is 44.9 Å². The first kappa shape index (κ1) is 14.9. The average molecular weight is 345 g/mol. The van der Waals surface area contributed by atoms with Crippen LogP contribution in [0, 0.1) is 6.92 Å². The highest BCUT2D eigenvalue weighted by Crippen LogP contribution is 2.29. The van der Waals surface area contributed by atoms with Crippen molar-refractivity contribution in [1.29, 1.82) is 0 Å². The van der Waals surface area contributed by atoms with Gasteiger partial charge in [-0.2, -0.15) is 5.10 Å². The first-order chi connectivity index (χ1) is 11.6. The summed E-state index contributed by atoms with van der Waals surface area (Å²) in [6.45, 7) is 2.39. The Bertz CT molecular complexity index is 1040. The minimum absolute atomic E-state index is 0.284. The van der Waals surface area contributed by atoms with Gasteiger partial charge in [-0.25, -0.2) is 14.0 Å². The van der Waals surface area contributed by atoms with Gasteiger partial charge in [-0.15, -0.1) is 0 Å². The zero-order valence-corrected chi connectivity index (χ0v) is 13.7. The van der Waals surface area contributed by atoms with E-state index in [1.807, 2.05) is 6.92 Å². The van der Waals surface area contributed by atoms with Crippen molar-refractivity contribution in [3.63, 3.8) is 0 Å². The van der Waals surface area contributed by atoms with Gasteiger partial charge in [0.25, 0.3) is 5.56 Å². The second kappa shape index (κ2) is 5.45. The summed E-state index contributed by atoms with van der Waals surface area (Å²) in [4.78, 5) is 40.7. The molecule has 1 fully saturated rings. The summed E-state index contributed by atoms with van der Waals surface area (Å²) in [5, 5.41) is 8.10. The van der Waals surface area contributed by atoms with Gasteiger partial charge in [0.05, 0.1) is 5.39 Å². The van der Waals surface area contributed by atoms with Crippen LogP contribution < -0.4 is 16.6 Å². The first-order valence-electron chi connectivity index (χ1n) is 7.63. The third-order valence-electron chi connectivity index (χ3n) is 4.27. The van der Waals surface area contributed by atoms with Crippen molar-refractivity contribution >= 4 is 27.5 Å². The van der Waals surface area contributed by atoms with Crippen LogP contribution in [0.25, 0.3) is 15.2 Å². The number of carbonyl (C=O) groups is 1. The molecule has 1 aliphatic heterocycles. The third-order valence-corrected chi connectivity index (χ3v) is 5.47. The predicted octanol–water partition coefficient (Wildman–Crippen LogP) is 0.697. The maximum Gasteiger partial charge on any atom is 0.330 e. The number of fused-ring (bicyclic) bond motifs is 1. The van der Waals surface area contributed by atoms with E-state index in [0.29, 0.717) is 23.2 Å². The van der Waals surface area contributed by atoms with Crippen LogP contribution in [0.5, 0.6) is 0 Å². The Labute approximate surface area is 139 Å². The quantitative estimate of drug-likeness (QED) is 0.713. The summed E-state index contributed by atoms with van der Waals surface area (Å²) in [6, 6.07) is 1.03. The van der Waals surface area contributed by atoms with Gasteiger partial charge >= 0.3 is 5.69 Å². The molecule has 4 heterocycles. The molecular weight excluding hydrogens is 330 g/mol. The largest absolute Gasteiger partial charge is 0.354 e. The van der Waals surface area contributed by atoms with E-state index in [4.69, 9.17) is 0 Å². The molecule has 0 aliphatic carbocycles. The molecule has 1 atom stereocenters. The molecule has 2 N–H and O–H groups in total. The zero-order valence-electron chi connectivity index (χ0n) is 12.9. The number of thiophene rings is 1. The SMILES string of the molecule is Cc1c(-n2cccn2)sc2[nH]c(=O)n(C3CCCNC3=O)c(=O)c12.